The van der Waals surface area contributed by atoms with Crippen molar-refractivity contribution in [3.05, 3.63) is 11.8 Å². The summed E-state index contributed by atoms with van der Waals surface area (Å²) < 4.78 is 4.98. The number of fused-ring (bicyclic) bond motifs is 1. The molecule has 2 amide bonds. The molecule has 0 unspecified atom stereocenters. The molecule has 3 heterocycles. The standard InChI is InChI=1S/C19H28N4O3/c1-13-10-16(22-26-13)21-17(24)14-5-8-23(9-6-14)18(25)19-7-3-2-4-15(19)11-20-12-19/h10,14-15,20H,2-9,11-12H2,1H3,(H,21,22,24)/t15-,19+/m0/s1. The van der Waals surface area contributed by atoms with E-state index in [-0.39, 0.29) is 17.2 Å². The van der Waals surface area contributed by atoms with Gasteiger partial charge >= 0.3 is 0 Å². The Kier molecular flexibility index (Phi) is 4.73. The second-order valence-electron chi connectivity index (χ2n) is 8.11. The van der Waals surface area contributed by atoms with Crippen LogP contribution >= 0.6 is 0 Å². The van der Waals surface area contributed by atoms with Crippen LogP contribution in [-0.2, 0) is 9.59 Å². The number of aryl methyl sites for hydroxylation is 1. The Labute approximate surface area is 153 Å². The van der Waals surface area contributed by atoms with Crippen molar-refractivity contribution in [3.8, 4) is 0 Å². The quantitative estimate of drug-likeness (QED) is 0.860. The number of hydrogen-bond donors (Lipinski definition) is 2. The van der Waals surface area contributed by atoms with Crippen molar-refractivity contribution in [1.82, 2.24) is 15.4 Å². The van der Waals surface area contributed by atoms with Crippen LogP contribution in [0, 0.1) is 24.2 Å². The largest absolute Gasteiger partial charge is 0.360 e. The van der Waals surface area contributed by atoms with Gasteiger partial charge < -0.3 is 20.1 Å². The highest BCUT2D eigenvalue weighted by molar-refractivity contribution is 5.92. The Morgan fingerprint density at radius 1 is 1.31 bits per heavy atom. The summed E-state index contributed by atoms with van der Waals surface area (Å²) in [4.78, 5) is 27.7. The molecular weight excluding hydrogens is 332 g/mol. The van der Waals surface area contributed by atoms with Gasteiger partial charge in [0.1, 0.15) is 5.76 Å². The first kappa shape index (κ1) is 17.5. The molecule has 3 aliphatic rings. The summed E-state index contributed by atoms with van der Waals surface area (Å²) in [5.41, 5.74) is -0.189. The predicted molar refractivity (Wildman–Crippen MR) is 96.4 cm³/mol. The van der Waals surface area contributed by atoms with E-state index in [0.29, 0.717) is 49.3 Å². The summed E-state index contributed by atoms with van der Waals surface area (Å²) in [5.74, 6) is 1.84. The molecule has 26 heavy (non-hydrogen) atoms. The predicted octanol–water partition coefficient (Wildman–Crippen LogP) is 1.94. The van der Waals surface area contributed by atoms with Crippen molar-refractivity contribution in [2.45, 2.75) is 45.4 Å². The highest BCUT2D eigenvalue weighted by atomic mass is 16.5. The molecule has 3 fully saturated rings. The topological polar surface area (TPSA) is 87.5 Å². The fourth-order valence-corrected chi connectivity index (χ4v) is 4.98. The SMILES string of the molecule is Cc1cc(NC(=O)C2CCN(C(=O)[C@@]34CCCC[C@H]3CNC4)CC2)no1. The first-order valence-electron chi connectivity index (χ1n) is 9.83. The number of likely N-dealkylation sites (tertiary alicyclic amines) is 1. The Balaban J connectivity index is 1.34. The van der Waals surface area contributed by atoms with Gasteiger partial charge in [-0.2, -0.15) is 0 Å². The molecule has 4 rings (SSSR count). The lowest BCUT2D eigenvalue weighted by Crippen LogP contribution is -2.52. The average molecular weight is 360 g/mol. The second kappa shape index (κ2) is 7.02. The molecule has 0 spiro atoms. The molecule has 2 atom stereocenters. The number of amides is 2. The Bertz CT molecular complexity index is 680. The number of carbonyl (C=O) groups is 2. The van der Waals surface area contributed by atoms with Crippen molar-refractivity contribution < 1.29 is 14.1 Å². The van der Waals surface area contributed by atoms with Crippen LogP contribution in [0.2, 0.25) is 0 Å². The lowest BCUT2D eigenvalue weighted by molar-refractivity contribution is -0.147. The van der Waals surface area contributed by atoms with Crippen molar-refractivity contribution >= 4 is 17.6 Å². The minimum atomic E-state index is -0.189. The summed E-state index contributed by atoms with van der Waals surface area (Å²) >= 11 is 0. The van der Waals surface area contributed by atoms with Crippen LogP contribution in [0.15, 0.2) is 10.6 Å². The highest BCUT2D eigenvalue weighted by Gasteiger charge is 2.51. The van der Waals surface area contributed by atoms with E-state index in [2.05, 4.69) is 15.8 Å². The molecule has 2 saturated heterocycles. The summed E-state index contributed by atoms with van der Waals surface area (Å²) in [6.45, 7) is 4.93. The smallest absolute Gasteiger partial charge is 0.230 e. The number of hydrogen-bond acceptors (Lipinski definition) is 5. The zero-order chi connectivity index (χ0) is 18.1. The lowest BCUT2D eigenvalue weighted by Gasteiger charge is -2.42. The maximum atomic E-state index is 13.3. The third-order valence-electron chi connectivity index (χ3n) is 6.50. The molecule has 0 aromatic carbocycles. The van der Waals surface area contributed by atoms with Crippen LogP contribution in [0.25, 0.3) is 0 Å². The summed E-state index contributed by atoms with van der Waals surface area (Å²) in [5, 5.41) is 10.1. The number of nitrogens with zero attached hydrogens (tertiary/aromatic N) is 2. The number of piperidine rings is 1. The van der Waals surface area contributed by atoms with Gasteiger partial charge in [0.15, 0.2) is 5.82 Å². The van der Waals surface area contributed by atoms with E-state index in [0.717, 1.165) is 32.4 Å². The second-order valence-corrected chi connectivity index (χ2v) is 8.11. The van der Waals surface area contributed by atoms with Gasteiger partial charge in [-0.05, 0) is 45.1 Å². The van der Waals surface area contributed by atoms with Crippen molar-refractivity contribution in [2.75, 3.05) is 31.5 Å². The Hall–Kier alpha value is -1.89. The van der Waals surface area contributed by atoms with Crippen molar-refractivity contribution in [3.63, 3.8) is 0 Å². The van der Waals surface area contributed by atoms with E-state index >= 15 is 0 Å². The van der Waals surface area contributed by atoms with Crippen LogP contribution in [0.5, 0.6) is 0 Å². The third-order valence-corrected chi connectivity index (χ3v) is 6.50. The van der Waals surface area contributed by atoms with Gasteiger partial charge in [0.05, 0.1) is 5.41 Å². The van der Waals surface area contributed by atoms with Gasteiger partial charge in [0, 0.05) is 31.6 Å². The zero-order valence-corrected chi connectivity index (χ0v) is 15.4. The number of carbonyl (C=O) groups excluding carboxylic acids is 2. The normalized spacial score (nSPS) is 29.4. The fraction of sp³-hybridized carbons (Fsp3) is 0.737. The van der Waals surface area contributed by atoms with Crippen LogP contribution in [-0.4, -0.2) is 48.0 Å². The number of nitrogens with one attached hydrogen (secondary N) is 2. The van der Waals surface area contributed by atoms with Gasteiger partial charge in [-0.1, -0.05) is 18.0 Å². The Morgan fingerprint density at radius 3 is 2.85 bits per heavy atom. The molecule has 1 aromatic heterocycles. The van der Waals surface area contributed by atoms with E-state index in [9.17, 15) is 9.59 Å². The number of anilines is 1. The minimum absolute atomic E-state index is 0.0263. The summed E-state index contributed by atoms with van der Waals surface area (Å²) in [6, 6.07) is 1.71. The molecule has 2 N–H and O–H groups in total. The van der Waals surface area contributed by atoms with E-state index in [4.69, 9.17) is 4.52 Å². The Morgan fingerprint density at radius 2 is 2.12 bits per heavy atom. The maximum Gasteiger partial charge on any atom is 0.230 e. The van der Waals surface area contributed by atoms with Gasteiger partial charge in [-0.15, -0.1) is 0 Å². The number of rotatable bonds is 3. The monoisotopic (exact) mass is 360 g/mol. The first-order valence-corrected chi connectivity index (χ1v) is 9.83. The minimum Gasteiger partial charge on any atom is -0.360 e. The van der Waals surface area contributed by atoms with Crippen LogP contribution in [0.3, 0.4) is 0 Å². The van der Waals surface area contributed by atoms with Crippen LogP contribution in [0.1, 0.15) is 44.3 Å². The number of aromatic nitrogens is 1. The van der Waals surface area contributed by atoms with E-state index < -0.39 is 0 Å². The third kappa shape index (κ3) is 3.13. The lowest BCUT2D eigenvalue weighted by atomic mass is 9.67. The maximum absolute atomic E-state index is 13.3. The molecule has 7 nitrogen and oxygen atoms in total. The molecule has 0 radical (unpaired) electrons. The van der Waals surface area contributed by atoms with Crippen molar-refractivity contribution in [2.24, 2.45) is 17.3 Å². The van der Waals surface area contributed by atoms with Gasteiger partial charge in [-0.3, -0.25) is 9.59 Å². The highest BCUT2D eigenvalue weighted by Crippen LogP contribution is 2.45. The van der Waals surface area contributed by atoms with Gasteiger partial charge in [0.2, 0.25) is 11.8 Å². The molecular formula is C19H28N4O3. The molecule has 1 aromatic rings. The molecule has 1 saturated carbocycles. The van der Waals surface area contributed by atoms with Crippen molar-refractivity contribution in [1.29, 1.82) is 0 Å². The summed E-state index contributed by atoms with van der Waals surface area (Å²) in [6.07, 6.45) is 5.99. The van der Waals surface area contributed by atoms with Gasteiger partial charge in [0.25, 0.3) is 0 Å². The van der Waals surface area contributed by atoms with E-state index in [1.165, 1.54) is 6.42 Å². The average Bonchev–Trinajstić information content (AvgIpc) is 3.27. The van der Waals surface area contributed by atoms with E-state index in [1.54, 1.807) is 13.0 Å². The molecule has 0 bridgehead atoms. The molecule has 142 valence electrons. The van der Waals surface area contributed by atoms with Gasteiger partial charge in [-0.25, -0.2) is 0 Å². The summed E-state index contributed by atoms with van der Waals surface area (Å²) in [7, 11) is 0. The van der Waals surface area contributed by atoms with Crippen LogP contribution in [0.4, 0.5) is 5.82 Å². The van der Waals surface area contributed by atoms with E-state index in [1.807, 2.05) is 4.90 Å². The molecule has 2 aliphatic heterocycles. The molecule has 1 aliphatic carbocycles. The van der Waals surface area contributed by atoms with Crippen LogP contribution < -0.4 is 10.6 Å². The zero-order valence-electron chi connectivity index (χ0n) is 15.4. The first-order chi connectivity index (χ1) is 12.6. The fourth-order valence-electron chi connectivity index (χ4n) is 4.98. The molecule has 7 heteroatoms.